The van der Waals surface area contributed by atoms with Crippen molar-refractivity contribution in [1.29, 1.82) is 0 Å². The Balaban J connectivity index is 2.29. The van der Waals surface area contributed by atoms with Gasteiger partial charge in [0.15, 0.2) is 0 Å². The molecular formula is C15H15BrINO. The number of nitrogens with two attached hydrogens (primary N) is 1. The van der Waals surface area contributed by atoms with Crippen LogP contribution in [0.1, 0.15) is 18.6 Å². The predicted molar refractivity (Wildman–Crippen MR) is 90.3 cm³/mol. The van der Waals surface area contributed by atoms with Crippen LogP contribution in [0.25, 0.3) is 0 Å². The Kier molecular flexibility index (Phi) is 5.24. The molecule has 2 N–H and O–H groups in total. The van der Waals surface area contributed by atoms with Gasteiger partial charge in [-0.05, 0) is 53.8 Å². The third kappa shape index (κ3) is 3.94. The summed E-state index contributed by atoms with van der Waals surface area (Å²) in [6, 6.07) is 15.9. The molecule has 0 fully saturated rings. The van der Waals surface area contributed by atoms with Gasteiger partial charge in [0.05, 0.1) is 0 Å². The lowest BCUT2D eigenvalue weighted by Gasteiger charge is -2.24. The van der Waals surface area contributed by atoms with Crippen LogP contribution in [0.4, 0.5) is 0 Å². The Morgan fingerprint density at radius 2 is 1.89 bits per heavy atom. The van der Waals surface area contributed by atoms with Gasteiger partial charge in [-0.1, -0.05) is 40.2 Å². The molecule has 2 atom stereocenters. The summed E-state index contributed by atoms with van der Waals surface area (Å²) in [6.45, 7) is 1.96. The standard InChI is InChI=1S/C15H15BrINO/c1-10(18)15(13-7-2-3-8-14(13)16)19-12-6-4-5-11(17)9-12/h2-10,15H,18H2,1H3. The minimum atomic E-state index is -0.172. The Morgan fingerprint density at radius 1 is 1.16 bits per heavy atom. The molecule has 2 unspecified atom stereocenters. The lowest BCUT2D eigenvalue weighted by atomic mass is 10.0. The average Bonchev–Trinajstić information content (AvgIpc) is 2.37. The highest BCUT2D eigenvalue weighted by Gasteiger charge is 2.20. The van der Waals surface area contributed by atoms with E-state index in [9.17, 15) is 0 Å². The van der Waals surface area contributed by atoms with E-state index in [4.69, 9.17) is 10.5 Å². The zero-order chi connectivity index (χ0) is 13.8. The van der Waals surface area contributed by atoms with Gasteiger partial charge in [-0.2, -0.15) is 0 Å². The second kappa shape index (κ2) is 6.72. The van der Waals surface area contributed by atoms with E-state index in [1.165, 1.54) is 0 Å². The number of rotatable bonds is 4. The third-order valence-electron chi connectivity index (χ3n) is 2.75. The Morgan fingerprint density at radius 3 is 2.53 bits per heavy atom. The summed E-state index contributed by atoms with van der Waals surface area (Å²) in [5.74, 6) is 0.838. The monoisotopic (exact) mass is 431 g/mol. The number of hydrogen-bond donors (Lipinski definition) is 1. The molecule has 0 bridgehead atoms. The second-order valence-electron chi connectivity index (χ2n) is 4.38. The van der Waals surface area contributed by atoms with E-state index in [1.807, 2.05) is 55.5 Å². The lowest BCUT2D eigenvalue weighted by molar-refractivity contribution is 0.179. The zero-order valence-electron chi connectivity index (χ0n) is 10.5. The largest absolute Gasteiger partial charge is 0.484 e. The molecule has 0 radical (unpaired) electrons. The van der Waals surface area contributed by atoms with Gasteiger partial charge in [-0.15, -0.1) is 0 Å². The normalized spacial score (nSPS) is 13.9. The molecule has 19 heavy (non-hydrogen) atoms. The molecule has 0 spiro atoms. The molecule has 2 aromatic rings. The van der Waals surface area contributed by atoms with E-state index in [1.54, 1.807) is 0 Å². The van der Waals surface area contributed by atoms with Gasteiger partial charge in [0, 0.05) is 19.6 Å². The molecule has 4 heteroatoms. The van der Waals surface area contributed by atoms with Crippen molar-refractivity contribution in [2.45, 2.75) is 19.1 Å². The first-order valence-corrected chi connectivity index (χ1v) is 7.87. The maximum Gasteiger partial charge on any atom is 0.140 e. The topological polar surface area (TPSA) is 35.2 Å². The van der Waals surface area contributed by atoms with Crippen molar-refractivity contribution in [3.8, 4) is 5.75 Å². The number of ether oxygens (including phenoxy) is 1. The smallest absolute Gasteiger partial charge is 0.140 e. The molecule has 0 aromatic heterocycles. The quantitative estimate of drug-likeness (QED) is 0.722. The predicted octanol–water partition coefficient (Wildman–Crippen LogP) is 4.52. The van der Waals surface area contributed by atoms with E-state index >= 15 is 0 Å². The number of benzene rings is 2. The maximum absolute atomic E-state index is 6.08. The zero-order valence-corrected chi connectivity index (χ0v) is 14.3. The first kappa shape index (κ1) is 14.8. The third-order valence-corrected chi connectivity index (χ3v) is 4.14. The van der Waals surface area contributed by atoms with Crippen molar-refractivity contribution < 1.29 is 4.74 Å². The molecule has 0 saturated carbocycles. The Bertz CT molecular complexity index is 559. The fourth-order valence-corrected chi connectivity index (χ4v) is 2.87. The maximum atomic E-state index is 6.08. The van der Waals surface area contributed by atoms with E-state index in [2.05, 4.69) is 38.5 Å². The second-order valence-corrected chi connectivity index (χ2v) is 6.48. The summed E-state index contributed by atoms with van der Waals surface area (Å²) in [5.41, 5.74) is 7.14. The van der Waals surface area contributed by atoms with Crippen LogP contribution in [0, 0.1) is 3.57 Å². The van der Waals surface area contributed by atoms with E-state index in [-0.39, 0.29) is 12.1 Å². The summed E-state index contributed by atoms with van der Waals surface area (Å²) in [7, 11) is 0. The van der Waals surface area contributed by atoms with Crippen LogP contribution in [0.5, 0.6) is 5.75 Å². The van der Waals surface area contributed by atoms with Crippen LogP contribution in [-0.4, -0.2) is 6.04 Å². The van der Waals surface area contributed by atoms with Crippen LogP contribution in [0.2, 0.25) is 0 Å². The molecule has 2 rings (SSSR count). The summed E-state index contributed by atoms with van der Waals surface area (Å²) < 4.78 is 8.22. The van der Waals surface area contributed by atoms with Crippen LogP contribution in [0.3, 0.4) is 0 Å². The highest BCUT2D eigenvalue weighted by atomic mass is 127. The Hall–Kier alpha value is -0.590. The van der Waals surface area contributed by atoms with Crippen LogP contribution >= 0.6 is 38.5 Å². The molecule has 100 valence electrons. The number of hydrogen-bond acceptors (Lipinski definition) is 2. The molecule has 2 nitrogen and oxygen atoms in total. The summed E-state index contributed by atoms with van der Waals surface area (Å²) in [6.07, 6.45) is -0.172. The number of halogens is 2. The molecule has 0 aliphatic carbocycles. The molecule has 0 amide bonds. The highest BCUT2D eigenvalue weighted by molar-refractivity contribution is 14.1. The summed E-state index contributed by atoms with van der Waals surface area (Å²) in [4.78, 5) is 0. The van der Waals surface area contributed by atoms with Gasteiger partial charge in [0.2, 0.25) is 0 Å². The van der Waals surface area contributed by atoms with E-state index in [0.717, 1.165) is 19.4 Å². The van der Waals surface area contributed by atoms with Gasteiger partial charge >= 0.3 is 0 Å². The van der Waals surface area contributed by atoms with Gasteiger partial charge in [0.25, 0.3) is 0 Å². The van der Waals surface area contributed by atoms with E-state index in [0.29, 0.717) is 0 Å². The fraction of sp³-hybridized carbons (Fsp3) is 0.200. The van der Waals surface area contributed by atoms with Crippen molar-refractivity contribution in [2.75, 3.05) is 0 Å². The van der Waals surface area contributed by atoms with Crippen molar-refractivity contribution in [3.05, 3.63) is 62.1 Å². The van der Waals surface area contributed by atoms with Gasteiger partial charge < -0.3 is 10.5 Å². The first-order chi connectivity index (χ1) is 9.08. The molecular weight excluding hydrogens is 417 g/mol. The molecule has 0 aliphatic heterocycles. The van der Waals surface area contributed by atoms with Crippen molar-refractivity contribution >= 4 is 38.5 Å². The van der Waals surface area contributed by atoms with Crippen LogP contribution in [-0.2, 0) is 0 Å². The Labute approximate surface area is 135 Å². The molecule has 0 heterocycles. The SMILES string of the molecule is CC(N)C(Oc1cccc(I)c1)c1ccccc1Br. The summed E-state index contributed by atoms with van der Waals surface area (Å²) >= 11 is 5.83. The van der Waals surface area contributed by atoms with Crippen molar-refractivity contribution in [3.63, 3.8) is 0 Å². The molecule has 0 aliphatic rings. The first-order valence-electron chi connectivity index (χ1n) is 6.00. The van der Waals surface area contributed by atoms with Crippen LogP contribution in [0.15, 0.2) is 53.0 Å². The van der Waals surface area contributed by atoms with Crippen molar-refractivity contribution in [1.82, 2.24) is 0 Å². The van der Waals surface area contributed by atoms with Gasteiger partial charge in [-0.3, -0.25) is 0 Å². The van der Waals surface area contributed by atoms with Crippen LogP contribution < -0.4 is 10.5 Å². The molecule has 2 aromatic carbocycles. The van der Waals surface area contributed by atoms with Gasteiger partial charge in [0.1, 0.15) is 11.9 Å². The van der Waals surface area contributed by atoms with Gasteiger partial charge in [-0.25, -0.2) is 0 Å². The lowest BCUT2D eigenvalue weighted by Crippen LogP contribution is -2.29. The minimum Gasteiger partial charge on any atom is -0.484 e. The summed E-state index contributed by atoms with van der Waals surface area (Å²) in [5, 5.41) is 0. The minimum absolute atomic E-state index is 0.100. The van der Waals surface area contributed by atoms with E-state index < -0.39 is 0 Å². The van der Waals surface area contributed by atoms with Crippen molar-refractivity contribution in [2.24, 2.45) is 5.73 Å². The highest BCUT2D eigenvalue weighted by Crippen LogP contribution is 2.30. The molecule has 0 saturated heterocycles. The average molecular weight is 432 g/mol. The fourth-order valence-electron chi connectivity index (χ4n) is 1.85.